The molecule has 0 saturated heterocycles. The number of nitrogens with two attached hydrogens (primary N) is 1. The van der Waals surface area contributed by atoms with Crippen molar-refractivity contribution in [2.45, 2.75) is 13.2 Å². The second kappa shape index (κ2) is 6.93. The summed E-state index contributed by atoms with van der Waals surface area (Å²) in [5.74, 6) is 0.130. The molecule has 0 radical (unpaired) electrons. The molecule has 0 aliphatic rings. The summed E-state index contributed by atoms with van der Waals surface area (Å²) in [5.41, 5.74) is 11.9. The number of carbonyl (C=O) groups excluding carboxylic acids is 1. The van der Waals surface area contributed by atoms with Crippen molar-refractivity contribution < 1.29 is 9.90 Å². The number of aliphatic hydroxyl groups is 1. The lowest BCUT2D eigenvalue weighted by Gasteiger charge is -2.08. The maximum absolute atomic E-state index is 11.5. The summed E-state index contributed by atoms with van der Waals surface area (Å²) < 4.78 is 1.33. The molecule has 1 aromatic heterocycles. The second-order valence-corrected chi connectivity index (χ2v) is 5.21. The van der Waals surface area contributed by atoms with Crippen LogP contribution in [0.3, 0.4) is 0 Å². The standard InChI is InChI=1S/C17H17N5O2/c18-16-17(21-19-9-12-4-2-1-3-5-12)22(11-24)15-7-6-13(10-23)8-14(15)20-16/h1-8,11,19,23H,9-10H2,(H2,18,20)/b21-17-. The monoisotopic (exact) mass is 323 g/mol. The number of anilines is 1. The predicted octanol–water partition coefficient (Wildman–Crippen LogP) is 0.755. The number of nitrogens with zero attached hydrogens (tertiary/aromatic N) is 3. The topological polar surface area (TPSA) is 106 Å². The van der Waals surface area contributed by atoms with Gasteiger partial charge in [-0.05, 0) is 23.3 Å². The lowest BCUT2D eigenvalue weighted by atomic mass is 10.2. The number of carbonyl (C=O) groups is 1. The maximum atomic E-state index is 11.5. The Morgan fingerprint density at radius 1 is 1.21 bits per heavy atom. The normalized spacial score (nSPS) is 11.6. The van der Waals surface area contributed by atoms with E-state index in [0.717, 1.165) is 5.56 Å². The molecule has 2 aromatic carbocycles. The van der Waals surface area contributed by atoms with E-state index in [-0.39, 0.29) is 17.9 Å². The molecule has 7 heteroatoms. The molecule has 0 atom stereocenters. The third-order valence-electron chi connectivity index (χ3n) is 3.60. The molecule has 0 spiro atoms. The molecule has 24 heavy (non-hydrogen) atoms. The Labute approximate surface area is 138 Å². The van der Waals surface area contributed by atoms with Crippen molar-refractivity contribution in [3.8, 4) is 0 Å². The summed E-state index contributed by atoms with van der Waals surface area (Å²) in [5, 5.41) is 13.4. The molecule has 3 rings (SSSR count). The van der Waals surface area contributed by atoms with Crippen molar-refractivity contribution in [2.24, 2.45) is 5.10 Å². The first-order valence-electron chi connectivity index (χ1n) is 7.40. The van der Waals surface area contributed by atoms with Gasteiger partial charge in [-0.2, -0.15) is 5.10 Å². The van der Waals surface area contributed by atoms with Crippen molar-refractivity contribution in [1.29, 1.82) is 0 Å². The van der Waals surface area contributed by atoms with Gasteiger partial charge in [-0.1, -0.05) is 36.4 Å². The van der Waals surface area contributed by atoms with Crippen LogP contribution in [0.1, 0.15) is 11.1 Å². The van der Waals surface area contributed by atoms with E-state index >= 15 is 0 Å². The Morgan fingerprint density at radius 3 is 2.71 bits per heavy atom. The third-order valence-corrected chi connectivity index (χ3v) is 3.60. The van der Waals surface area contributed by atoms with Crippen LogP contribution >= 0.6 is 0 Å². The van der Waals surface area contributed by atoms with Crippen LogP contribution in [-0.4, -0.2) is 21.1 Å². The second-order valence-electron chi connectivity index (χ2n) is 5.21. The van der Waals surface area contributed by atoms with Crippen LogP contribution in [0.2, 0.25) is 0 Å². The summed E-state index contributed by atoms with van der Waals surface area (Å²) in [4.78, 5) is 15.8. The minimum atomic E-state index is -0.108. The number of fused-ring (bicyclic) bond motifs is 1. The van der Waals surface area contributed by atoms with Crippen LogP contribution in [-0.2, 0) is 17.9 Å². The smallest absolute Gasteiger partial charge is 0.220 e. The van der Waals surface area contributed by atoms with Gasteiger partial charge < -0.3 is 16.3 Å². The molecule has 0 unspecified atom stereocenters. The minimum absolute atomic E-state index is 0.108. The SMILES string of the molecule is Nc1nc2cc(CO)ccc2n(C=O)/c1=N\NCc1ccccc1. The summed E-state index contributed by atoms with van der Waals surface area (Å²) in [6, 6.07) is 14.9. The molecule has 0 aliphatic carbocycles. The number of aromatic nitrogens is 2. The van der Waals surface area contributed by atoms with Crippen LogP contribution in [0.5, 0.6) is 0 Å². The van der Waals surface area contributed by atoms with Crippen molar-refractivity contribution in [2.75, 3.05) is 5.73 Å². The van der Waals surface area contributed by atoms with Gasteiger partial charge >= 0.3 is 0 Å². The van der Waals surface area contributed by atoms with E-state index in [9.17, 15) is 9.90 Å². The Kier molecular flexibility index (Phi) is 4.53. The first kappa shape index (κ1) is 15.7. The molecule has 0 fully saturated rings. The number of nitrogen functional groups attached to an aromatic ring is 1. The lowest BCUT2D eigenvalue weighted by Crippen LogP contribution is -2.29. The predicted molar refractivity (Wildman–Crippen MR) is 91.1 cm³/mol. The van der Waals surface area contributed by atoms with E-state index in [1.54, 1.807) is 18.2 Å². The Morgan fingerprint density at radius 2 is 2.00 bits per heavy atom. The van der Waals surface area contributed by atoms with E-state index < -0.39 is 0 Å². The molecular weight excluding hydrogens is 306 g/mol. The summed E-state index contributed by atoms with van der Waals surface area (Å²) in [6.07, 6.45) is 0.641. The molecule has 3 aromatic rings. The Balaban J connectivity index is 2.02. The number of nitrogens with one attached hydrogen (secondary N) is 1. The zero-order chi connectivity index (χ0) is 16.9. The summed E-state index contributed by atoms with van der Waals surface area (Å²) in [6.45, 7) is 0.393. The molecule has 0 amide bonds. The highest BCUT2D eigenvalue weighted by Gasteiger charge is 2.07. The fourth-order valence-electron chi connectivity index (χ4n) is 2.40. The van der Waals surface area contributed by atoms with Crippen molar-refractivity contribution >= 4 is 23.3 Å². The van der Waals surface area contributed by atoms with E-state index in [4.69, 9.17) is 5.73 Å². The lowest BCUT2D eigenvalue weighted by molar-refractivity contribution is 0.282. The number of rotatable bonds is 5. The molecule has 0 saturated carbocycles. The molecular formula is C17H17N5O2. The van der Waals surface area contributed by atoms with Gasteiger partial charge in [0, 0.05) is 0 Å². The van der Waals surface area contributed by atoms with Gasteiger partial charge in [0.1, 0.15) is 0 Å². The number of aliphatic hydroxyl groups excluding tert-OH is 1. The van der Waals surface area contributed by atoms with Crippen molar-refractivity contribution in [1.82, 2.24) is 15.0 Å². The molecule has 122 valence electrons. The number of benzene rings is 2. The Bertz CT molecular complexity index is 935. The zero-order valence-electron chi connectivity index (χ0n) is 12.9. The average Bonchev–Trinajstić information content (AvgIpc) is 2.62. The van der Waals surface area contributed by atoms with Gasteiger partial charge in [0.25, 0.3) is 0 Å². The van der Waals surface area contributed by atoms with E-state index in [2.05, 4.69) is 15.5 Å². The van der Waals surface area contributed by atoms with Gasteiger partial charge in [0.2, 0.25) is 11.9 Å². The first-order chi connectivity index (χ1) is 11.7. The minimum Gasteiger partial charge on any atom is -0.392 e. The maximum Gasteiger partial charge on any atom is 0.220 e. The molecule has 7 nitrogen and oxygen atoms in total. The van der Waals surface area contributed by atoms with Gasteiger partial charge in [-0.25, -0.2) is 4.98 Å². The molecule has 4 N–H and O–H groups in total. The van der Waals surface area contributed by atoms with Gasteiger partial charge in [0.15, 0.2) is 5.82 Å². The highest BCUT2D eigenvalue weighted by Crippen LogP contribution is 2.13. The van der Waals surface area contributed by atoms with Crippen LogP contribution in [0, 0.1) is 0 Å². The van der Waals surface area contributed by atoms with Gasteiger partial charge in [-0.3, -0.25) is 9.36 Å². The first-order valence-corrected chi connectivity index (χ1v) is 7.40. The largest absolute Gasteiger partial charge is 0.392 e. The fourth-order valence-corrected chi connectivity index (χ4v) is 2.40. The average molecular weight is 323 g/mol. The molecule has 1 heterocycles. The van der Waals surface area contributed by atoms with Gasteiger partial charge in [-0.15, -0.1) is 0 Å². The summed E-state index contributed by atoms with van der Waals surface area (Å²) in [7, 11) is 0. The quantitative estimate of drug-likeness (QED) is 0.475. The zero-order valence-corrected chi connectivity index (χ0v) is 12.9. The summed E-state index contributed by atoms with van der Waals surface area (Å²) >= 11 is 0. The molecule has 0 aliphatic heterocycles. The van der Waals surface area contributed by atoms with E-state index in [1.165, 1.54) is 4.57 Å². The van der Waals surface area contributed by atoms with E-state index in [1.807, 2.05) is 30.3 Å². The van der Waals surface area contributed by atoms with Crippen LogP contribution in [0.25, 0.3) is 11.0 Å². The van der Waals surface area contributed by atoms with Crippen LogP contribution in [0.15, 0.2) is 53.6 Å². The van der Waals surface area contributed by atoms with Crippen LogP contribution < -0.4 is 16.6 Å². The Hall–Kier alpha value is -3.19. The van der Waals surface area contributed by atoms with Crippen molar-refractivity contribution in [3.63, 3.8) is 0 Å². The van der Waals surface area contributed by atoms with Gasteiger partial charge in [0.05, 0.1) is 24.2 Å². The van der Waals surface area contributed by atoms with E-state index in [0.29, 0.717) is 29.6 Å². The number of hydrogen-bond acceptors (Lipinski definition) is 6. The van der Waals surface area contributed by atoms with Crippen LogP contribution in [0.4, 0.5) is 5.82 Å². The fraction of sp³-hybridized carbons (Fsp3) is 0.118. The number of hydrogen-bond donors (Lipinski definition) is 3. The third kappa shape index (κ3) is 3.11. The highest BCUT2D eigenvalue weighted by atomic mass is 16.3. The van der Waals surface area contributed by atoms with Crippen molar-refractivity contribution in [3.05, 3.63) is 65.1 Å². The highest BCUT2D eigenvalue weighted by molar-refractivity contribution is 5.82. The molecule has 0 bridgehead atoms.